The minimum atomic E-state index is -0.146. The highest BCUT2D eigenvalue weighted by molar-refractivity contribution is 5.68. The fourth-order valence-electron chi connectivity index (χ4n) is 2.95. The van der Waals surface area contributed by atoms with Gasteiger partial charge in [0.15, 0.2) is 0 Å². The molecule has 19 heavy (non-hydrogen) atoms. The van der Waals surface area contributed by atoms with Gasteiger partial charge in [-0.05, 0) is 38.0 Å². The molecule has 1 N–H and O–H groups in total. The Kier molecular flexibility index (Phi) is 4.39. The summed E-state index contributed by atoms with van der Waals surface area (Å²) in [4.78, 5) is 14.0. The highest BCUT2D eigenvalue weighted by Gasteiger charge is 2.40. The molecule has 1 aliphatic heterocycles. The molecule has 110 valence electrons. The maximum Gasteiger partial charge on any atom is 0.410 e. The first kappa shape index (κ1) is 14.6. The number of piperidine rings is 1. The van der Waals surface area contributed by atoms with Gasteiger partial charge < -0.3 is 15.0 Å². The van der Waals surface area contributed by atoms with Crippen LogP contribution in [0.25, 0.3) is 0 Å². The molecule has 2 unspecified atom stereocenters. The van der Waals surface area contributed by atoms with Crippen LogP contribution in [0.3, 0.4) is 0 Å². The standard InChI is InChI=1S/C15H28N2O2/c1-5-19-14(18)17-9-8-12(16-11-6-7-11)10-13(17)15(2,3)4/h11-13,16H,5-10H2,1-4H3. The Labute approximate surface area is 116 Å². The summed E-state index contributed by atoms with van der Waals surface area (Å²) in [5.41, 5.74) is 0.0939. The number of hydrogen-bond acceptors (Lipinski definition) is 3. The summed E-state index contributed by atoms with van der Waals surface area (Å²) in [6.07, 6.45) is 4.57. The lowest BCUT2D eigenvalue weighted by Crippen LogP contribution is -2.56. The van der Waals surface area contributed by atoms with Crippen molar-refractivity contribution in [3.63, 3.8) is 0 Å². The van der Waals surface area contributed by atoms with Crippen LogP contribution in [0, 0.1) is 5.41 Å². The summed E-state index contributed by atoms with van der Waals surface area (Å²) in [7, 11) is 0. The van der Waals surface area contributed by atoms with Crippen molar-refractivity contribution in [1.82, 2.24) is 10.2 Å². The first-order chi connectivity index (χ1) is 8.91. The fourth-order valence-corrected chi connectivity index (χ4v) is 2.95. The molecule has 0 aromatic rings. The largest absolute Gasteiger partial charge is 0.450 e. The lowest BCUT2D eigenvalue weighted by Gasteiger charge is -2.45. The van der Waals surface area contributed by atoms with Crippen molar-refractivity contribution < 1.29 is 9.53 Å². The van der Waals surface area contributed by atoms with Gasteiger partial charge in [0.2, 0.25) is 0 Å². The van der Waals surface area contributed by atoms with Gasteiger partial charge in [-0.1, -0.05) is 20.8 Å². The van der Waals surface area contributed by atoms with Gasteiger partial charge in [-0.3, -0.25) is 0 Å². The minimum absolute atomic E-state index is 0.0939. The molecular formula is C15H28N2O2. The van der Waals surface area contributed by atoms with Crippen LogP contribution in [0.1, 0.15) is 53.4 Å². The maximum atomic E-state index is 12.1. The average molecular weight is 268 g/mol. The third-order valence-electron chi connectivity index (χ3n) is 4.15. The Morgan fingerprint density at radius 3 is 2.47 bits per heavy atom. The van der Waals surface area contributed by atoms with Crippen molar-refractivity contribution in [3.05, 3.63) is 0 Å². The Balaban J connectivity index is 2.00. The zero-order valence-electron chi connectivity index (χ0n) is 12.7. The fraction of sp³-hybridized carbons (Fsp3) is 0.933. The molecule has 1 heterocycles. The summed E-state index contributed by atoms with van der Waals surface area (Å²) in [6, 6.07) is 1.55. The van der Waals surface area contributed by atoms with E-state index in [0.29, 0.717) is 12.6 Å². The maximum absolute atomic E-state index is 12.1. The van der Waals surface area contributed by atoms with Crippen LogP contribution < -0.4 is 5.32 Å². The smallest absolute Gasteiger partial charge is 0.410 e. The first-order valence-electron chi connectivity index (χ1n) is 7.61. The van der Waals surface area contributed by atoms with E-state index in [1.807, 2.05) is 11.8 Å². The molecule has 0 spiro atoms. The molecule has 4 heteroatoms. The van der Waals surface area contributed by atoms with E-state index in [0.717, 1.165) is 25.4 Å². The van der Waals surface area contributed by atoms with E-state index in [4.69, 9.17) is 4.74 Å². The van der Waals surface area contributed by atoms with Gasteiger partial charge in [0, 0.05) is 24.7 Å². The first-order valence-corrected chi connectivity index (χ1v) is 7.61. The number of amides is 1. The normalized spacial score (nSPS) is 28.3. The van der Waals surface area contributed by atoms with E-state index in [9.17, 15) is 4.79 Å². The van der Waals surface area contributed by atoms with Crippen LogP contribution in [-0.4, -0.2) is 42.3 Å². The Morgan fingerprint density at radius 1 is 1.26 bits per heavy atom. The van der Waals surface area contributed by atoms with Gasteiger partial charge in [-0.2, -0.15) is 0 Å². The molecule has 2 atom stereocenters. The number of ether oxygens (including phenoxy) is 1. The van der Waals surface area contributed by atoms with E-state index < -0.39 is 0 Å². The molecule has 1 amide bonds. The molecule has 0 aromatic carbocycles. The van der Waals surface area contributed by atoms with Crippen molar-refractivity contribution in [1.29, 1.82) is 0 Å². The van der Waals surface area contributed by atoms with Crippen LogP contribution in [0.15, 0.2) is 0 Å². The molecule has 0 radical (unpaired) electrons. The van der Waals surface area contributed by atoms with Crippen molar-refractivity contribution in [2.24, 2.45) is 5.41 Å². The van der Waals surface area contributed by atoms with Gasteiger partial charge in [0.05, 0.1) is 6.61 Å². The monoisotopic (exact) mass is 268 g/mol. The number of hydrogen-bond donors (Lipinski definition) is 1. The third-order valence-corrected chi connectivity index (χ3v) is 4.15. The second-order valence-electron chi connectivity index (χ2n) is 6.94. The highest BCUT2D eigenvalue weighted by atomic mass is 16.6. The van der Waals surface area contributed by atoms with Crippen LogP contribution in [-0.2, 0) is 4.74 Å². The van der Waals surface area contributed by atoms with Gasteiger partial charge in [0.25, 0.3) is 0 Å². The molecule has 2 aliphatic rings. The number of nitrogens with zero attached hydrogens (tertiary/aromatic N) is 1. The molecular weight excluding hydrogens is 240 g/mol. The van der Waals surface area contributed by atoms with E-state index >= 15 is 0 Å². The van der Waals surface area contributed by atoms with Crippen LogP contribution in [0.4, 0.5) is 4.79 Å². The Hall–Kier alpha value is -0.770. The van der Waals surface area contributed by atoms with E-state index in [2.05, 4.69) is 26.1 Å². The van der Waals surface area contributed by atoms with Gasteiger partial charge in [-0.25, -0.2) is 4.79 Å². The summed E-state index contributed by atoms with van der Waals surface area (Å²) >= 11 is 0. The second-order valence-corrected chi connectivity index (χ2v) is 6.94. The molecule has 1 saturated carbocycles. The van der Waals surface area contributed by atoms with Gasteiger partial charge >= 0.3 is 6.09 Å². The Bertz CT molecular complexity index is 321. The zero-order chi connectivity index (χ0) is 14.0. The molecule has 0 bridgehead atoms. The van der Waals surface area contributed by atoms with Crippen LogP contribution in [0.5, 0.6) is 0 Å². The van der Waals surface area contributed by atoms with Crippen molar-refractivity contribution in [2.75, 3.05) is 13.2 Å². The lowest BCUT2D eigenvalue weighted by molar-refractivity contribution is 0.0318. The van der Waals surface area contributed by atoms with Gasteiger partial charge in [0.1, 0.15) is 0 Å². The Morgan fingerprint density at radius 2 is 1.95 bits per heavy atom. The minimum Gasteiger partial charge on any atom is -0.450 e. The van der Waals surface area contributed by atoms with Crippen molar-refractivity contribution in [2.45, 2.75) is 71.5 Å². The number of carbonyl (C=O) groups is 1. The second kappa shape index (κ2) is 5.70. The summed E-state index contributed by atoms with van der Waals surface area (Å²) in [5, 5.41) is 3.71. The van der Waals surface area contributed by atoms with E-state index in [-0.39, 0.29) is 17.6 Å². The summed E-state index contributed by atoms with van der Waals surface area (Å²) < 4.78 is 5.20. The molecule has 2 rings (SSSR count). The van der Waals surface area contributed by atoms with Crippen molar-refractivity contribution >= 4 is 6.09 Å². The highest BCUT2D eigenvalue weighted by Crippen LogP contribution is 2.33. The molecule has 1 aliphatic carbocycles. The van der Waals surface area contributed by atoms with E-state index in [1.165, 1.54) is 12.8 Å². The predicted octanol–water partition coefficient (Wildman–Crippen LogP) is 2.77. The number of rotatable bonds is 3. The molecule has 1 saturated heterocycles. The predicted molar refractivity (Wildman–Crippen MR) is 76.2 cm³/mol. The topological polar surface area (TPSA) is 41.6 Å². The third kappa shape index (κ3) is 3.85. The average Bonchev–Trinajstić information content (AvgIpc) is 3.12. The summed E-state index contributed by atoms with van der Waals surface area (Å²) in [6.45, 7) is 9.77. The number of likely N-dealkylation sites (tertiary alicyclic amines) is 1. The number of carbonyl (C=O) groups excluding carboxylic acids is 1. The van der Waals surface area contributed by atoms with Crippen molar-refractivity contribution in [3.8, 4) is 0 Å². The van der Waals surface area contributed by atoms with E-state index in [1.54, 1.807) is 0 Å². The number of nitrogens with one attached hydrogen (secondary N) is 1. The molecule has 2 fully saturated rings. The summed E-state index contributed by atoms with van der Waals surface area (Å²) in [5.74, 6) is 0. The lowest BCUT2D eigenvalue weighted by atomic mass is 9.79. The van der Waals surface area contributed by atoms with Gasteiger partial charge in [-0.15, -0.1) is 0 Å². The molecule has 4 nitrogen and oxygen atoms in total. The molecule has 0 aromatic heterocycles. The SMILES string of the molecule is CCOC(=O)N1CCC(NC2CC2)CC1C(C)(C)C. The zero-order valence-corrected chi connectivity index (χ0v) is 12.7. The quantitative estimate of drug-likeness (QED) is 0.855. The van der Waals surface area contributed by atoms with Crippen LogP contribution in [0.2, 0.25) is 0 Å². The van der Waals surface area contributed by atoms with Crippen LogP contribution >= 0.6 is 0 Å².